The number of benzene rings is 1. The molecule has 2 rings (SSSR count). The topological polar surface area (TPSA) is 79.9 Å². The van der Waals surface area contributed by atoms with Crippen molar-refractivity contribution in [3.63, 3.8) is 0 Å². The van der Waals surface area contributed by atoms with E-state index < -0.39 is 11.7 Å². The second-order valence-electron chi connectivity index (χ2n) is 8.86. The Bertz CT molecular complexity index is 714. The first kappa shape index (κ1) is 22.0. The molecule has 7 nitrogen and oxygen atoms in total. The SMILES string of the molecule is COc1cc(C(=O)NCC2(C)CCN(C)C2)ccc1CNC(=O)OC(C)(C)C. The Balaban J connectivity index is 1.96. The summed E-state index contributed by atoms with van der Waals surface area (Å²) in [4.78, 5) is 26.7. The summed E-state index contributed by atoms with van der Waals surface area (Å²) in [6.45, 7) is 10.6. The lowest BCUT2D eigenvalue weighted by Gasteiger charge is -2.24. The first-order valence-electron chi connectivity index (χ1n) is 9.62. The van der Waals surface area contributed by atoms with Crippen LogP contribution in [0.3, 0.4) is 0 Å². The van der Waals surface area contributed by atoms with Crippen molar-refractivity contribution < 1.29 is 19.1 Å². The van der Waals surface area contributed by atoms with Crippen LogP contribution >= 0.6 is 0 Å². The Hall–Kier alpha value is -2.28. The van der Waals surface area contributed by atoms with Crippen LogP contribution in [0.15, 0.2) is 18.2 Å². The van der Waals surface area contributed by atoms with Crippen LogP contribution in [0.25, 0.3) is 0 Å². The fraction of sp³-hybridized carbons (Fsp3) is 0.619. The van der Waals surface area contributed by atoms with Crippen molar-refractivity contribution in [3.05, 3.63) is 29.3 Å². The van der Waals surface area contributed by atoms with Gasteiger partial charge in [-0.15, -0.1) is 0 Å². The Morgan fingerprint density at radius 1 is 1.25 bits per heavy atom. The zero-order valence-electron chi connectivity index (χ0n) is 17.8. The number of carbonyl (C=O) groups excluding carboxylic acids is 2. The molecule has 1 atom stereocenters. The third kappa shape index (κ3) is 6.41. The van der Waals surface area contributed by atoms with Gasteiger partial charge < -0.3 is 25.0 Å². The number of hydrogen-bond acceptors (Lipinski definition) is 5. The number of rotatable bonds is 6. The van der Waals surface area contributed by atoms with Gasteiger partial charge in [-0.25, -0.2) is 4.79 Å². The molecule has 1 heterocycles. The highest BCUT2D eigenvalue weighted by Gasteiger charge is 2.32. The molecule has 0 saturated carbocycles. The summed E-state index contributed by atoms with van der Waals surface area (Å²) in [5.74, 6) is 0.427. The van der Waals surface area contributed by atoms with Crippen LogP contribution in [0.1, 0.15) is 50.0 Å². The van der Waals surface area contributed by atoms with Gasteiger partial charge in [-0.1, -0.05) is 13.0 Å². The summed E-state index contributed by atoms with van der Waals surface area (Å²) in [5, 5.41) is 5.74. The third-order valence-electron chi connectivity index (χ3n) is 4.80. The van der Waals surface area contributed by atoms with Gasteiger partial charge in [0.2, 0.25) is 0 Å². The predicted molar refractivity (Wildman–Crippen MR) is 109 cm³/mol. The molecule has 0 spiro atoms. The average molecular weight is 392 g/mol. The van der Waals surface area contributed by atoms with Gasteiger partial charge in [-0.2, -0.15) is 0 Å². The zero-order chi connectivity index (χ0) is 20.9. The largest absolute Gasteiger partial charge is 0.496 e. The van der Waals surface area contributed by atoms with Crippen LogP contribution in [-0.2, 0) is 11.3 Å². The van der Waals surface area contributed by atoms with Crippen LogP contribution < -0.4 is 15.4 Å². The van der Waals surface area contributed by atoms with Gasteiger partial charge in [-0.3, -0.25) is 4.79 Å². The molecule has 1 aliphatic heterocycles. The molecule has 156 valence electrons. The summed E-state index contributed by atoms with van der Waals surface area (Å²) < 4.78 is 10.6. The average Bonchev–Trinajstić information content (AvgIpc) is 2.95. The number of methoxy groups -OCH3 is 1. The lowest BCUT2D eigenvalue weighted by Crippen LogP contribution is -2.37. The van der Waals surface area contributed by atoms with Gasteiger partial charge >= 0.3 is 6.09 Å². The molecular weight excluding hydrogens is 358 g/mol. The third-order valence-corrected chi connectivity index (χ3v) is 4.80. The molecule has 1 aromatic rings. The van der Waals surface area contributed by atoms with Crippen LogP contribution in [0.5, 0.6) is 5.75 Å². The van der Waals surface area contributed by atoms with Crippen molar-refractivity contribution >= 4 is 12.0 Å². The molecule has 2 amide bonds. The number of carbonyl (C=O) groups is 2. The van der Waals surface area contributed by atoms with Gasteiger partial charge in [0.15, 0.2) is 0 Å². The number of hydrogen-bond donors (Lipinski definition) is 2. The van der Waals surface area contributed by atoms with Crippen LogP contribution in [0, 0.1) is 5.41 Å². The van der Waals surface area contributed by atoms with Gasteiger partial charge in [0.1, 0.15) is 11.4 Å². The maximum atomic E-state index is 12.6. The zero-order valence-corrected chi connectivity index (χ0v) is 17.8. The molecule has 0 bridgehead atoms. The number of nitrogens with zero attached hydrogens (tertiary/aromatic N) is 1. The predicted octanol–water partition coefficient (Wildman–Crippen LogP) is 2.79. The monoisotopic (exact) mass is 391 g/mol. The van der Waals surface area contributed by atoms with Crippen LogP contribution in [0.4, 0.5) is 4.79 Å². The van der Waals surface area contributed by atoms with Crippen LogP contribution in [0.2, 0.25) is 0 Å². The van der Waals surface area contributed by atoms with E-state index in [1.54, 1.807) is 25.3 Å². The summed E-state index contributed by atoms with van der Waals surface area (Å²) in [6, 6.07) is 5.23. The minimum absolute atomic E-state index is 0.103. The number of nitrogens with one attached hydrogen (secondary N) is 2. The van der Waals surface area contributed by atoms with Crippen molar-refractivity contribution in [3.8, 4) is 5.75 Å². The fourth-order valence-corrected chi connectivity index (χ4v) is 3.32. The molecule has 1 aromatic carbocycles. The van der Waals surface area contributed by atoms with E-state index >= 15 is 0 Å². The Morgan fingerprint density at radius 3 is 2.54 bits per heavy atom. The minimum Gasteiger partial charge on any atom is -0.496 e. The summed E-state index contributed by atoms with van der Waals surface area (Å²) in [7, 11) is 3.64. The molecule has 1 unspecified atom stereocenters. The number of alkyl carbamates (subject to hydrolysis) is 1. The van der Waals surface area contributed by atoms with E-state index in [-0.39, 0.29) is 17.9 Å². The van der Waals surface area contributed by atoms with Crippen molar-refractivity contribution in [2.75, 3.05) is 33.8 Å². The quantitative estimate of drug-likeness (QED) is 0.779. The summed E-state index contributed by atoms with van der Waals surface area (Å²) in [6.07, 6.45) is 0.577. The van der Waals surface area contributed by atoms with E-state index in [4.69, 9.17) is 9.47 Å². The Morgan fingerprint density at radius 2 is 1.96 bits per heavy atom. The lowest BCUT2D eigenvalue weighted by atomic mass is 9.90. The maximum absolute atomic E-state index is 12.6. The molecule has 1 saturated heterocycles. The Labute approximate surface area is 167 Å². The van der Waals surface area contributed by atoms with Crippen molar-refractivity contribution in [1.29, 1.82) is 0 Å². The Kier molecular flexibility index (Phi) is 6.93. The summed E-state index contributed by atoms with van der Waals surface area (Å²) in [5.41, 5.74) is 0.856. The molecule has 7 heteroatoms. The van der Waals surface area contributed by atoms with E-state index in [0.29, 0.717) is 17.9 Å². The van der Waals surface area contributed by atoms with E-state index in [1.165, 1.54) is 0 Å². The number of likely N-dealkylation sites (tertiary alicyclic amines) is 1. The fourth-order valence-electron chi connectivity index (χ4n) is 3.32. The molecule has 1 fully saturated rings. The number of amides is 2. The highest BCUT2D eigenvalue weighted by molar-refractivity contribution is 5.94. The molecule has 1 aliphatic rings. The van der Waals surface area contributed by atoms with E-state index in [2.05, 4.69) is 29.5 Å². The van der Waals surface area contributed by atoms with Gasteiger partial charge in [0.05, 0.1) is 7.11 Å². The first-order chi connectivity index (χ1) is 13.0. The lowest BCUT2D eigenvalue weighted by molar-refractivity contribution is 0.0523. The summed E-state index contributed by atoms with van der Waals surface area (Å²) >= 11 is 0. The smallest absolute Gasteiger partial charge is 0.407 e. The van der Waals surface area contributed by atoms with Crippen molar-refractivity contribution in [2.24, 2.45) is 5.41 Å². The first-order valence-corrected chi connectivity index (χ1v) is 9.62. The normalized spacial score (nSPS) is 19.9. The van der Waals surface area contributed by atoms with Gasteiger partial charge in [-0.05, 0) is 58.3 Å². The highest BCUT2D eigenvalue weighted by Crippen LogP contribution is 2.28. The molecular formula is C21H33N3O4. The highest BCUT2D eigenvalue weighted by atomic mass is 16.6. The molecule has 0 radical (unpaired) electrons. The molecule has 0 aliphatic carbocycles. The van der Waals surface area contributed by atoms with Crippen LogP contribution in [-0.4, -0.2) is 56.3 Å². The van der Waals surface area contributed by atoms with Gasteiger partial charge in [0, 0.05) is 30.8 Å². The second-order valence-corrected chi connectivity index (χ2v) is 8.86. The standard InChI is InChI=1S/C21H33N3O4/c1-20(2,3)28-19(26)22-12-16-8-7-15(11-17(16)27-6)18(25)23-13-21(4)9-10-24(5)14-21/h7-8,11H,9-10,12-14H2,1-6H3,(H,22,26)(H,23,25). The molecule has 0 aromatic heterocycles. The molecule has 2 N–H and O–H groups in total. The van der Waals surface area contributed by atoms with E-state index in [9.17, 15) is 9.59 Å². The van der Waals surface area contributed by atoms with Gasteiger partial charge in [0.25, 0.3) is 5.91 Å². The maximum Gasteiger partial charge on any atom is 0.407 e. The second kappa shape index (κ2) is 8.82. The molecule has 28 heavy (non-hydrogen) atoms. The van der Waals surface area contributed by atoms with E-state index in [0.717, 1.165) is 25.1 Å². The van der Waals surface area contributed by atoms with Crippen molar-refractivity contribution in [2.45, 2.75) is 46.3 Å². The number of ether oxygens (including phenoxy) is 2. The van der Waals surface area contributed by atoms with Crippen molar-refractivity contribution in [1.82, 2.24) is 15.5 Å². The minimum atomic E-state index is -0.555. The van der Waals surface area contributed by atoms with E-state index in [1.807, 2.05) is 20.8 Å².